The number of aliphatic carboxylic acids is 1. The Morgan fingerprint density at radius 1 is 1.21 bits per heavy atom. The molecule has 0 amide bonds. The minimum absolute atomic E-state index is 0.0119. The van der Waals surface area contributed by atoms with Gasteiger partial charge in [0.1, 0.15) is 11.6 Å². The van der Waals surface area contributed by atoms with E-state index in [2.05, 4.69) is 11.8 Å². The molecular formula is C20H18ClFO5S. The Hall–Kier alpha value is -2.56. The second kappa shape index (κ2) is 9.09. The molecule has 2 rings (SSSR count). The maximum atomic E-state index is 14.1. The molecule has 0 bridgehead atoms. The van der Waals surface area contributed by atoms with Gasteiger partial charge >= 0.3 is 5.97 Å². The number of carboxylic acid groups (broad SMARTS) is 1. The number of sulfone groups is 1. The normalized spacial score (nSPS) is 12.0. The van der Waals surface area contributed by atoms with Crippen LogP contribution in [0.5, 0.6) is 5.75 Å². The van der Waals surface area contributed by atoms with Crippen molar-refractivity contribution in [2.24, 2.45) is 0 Å². The Balaban J connectivity index is 2.46. The summed E-state index contributed by atoms with van der Waals surface area (Å²) in [4.78, 5) is 11.0. The first-order valence-electron chi connectivity index (χ1n) is 8.37. The monoisotopic (exact) mass is 424 g/mol. The van der Waals surface area contributed by atoms with Crippen molar-refractivity contribution in [3.63, 3.8) is 0 Å². The molecule has 0 aliphatic carbocycles. The quantitative estimate of drug-likeness (QED) is 0.561. The lowest BCUT2D eigenvalue weighted by Gasteiger charge is -2.12. The third kappa shape index (κ3) is 5.47. The van der Waals surface area contributed by atoms with E-state index >= 15 is 0 Å². The topological polar surface area (TPSA) is 80.7 Å². The van der Waals surface area contributed by atoms with Crippen LogP contribution in [0.3, 0.4) is 0 Å². The van der Waals surface area contributed by atoms with Crippen LogP contribution in [0.2, 0.25) is 5.02 Å². The van der Waals surface area contributed by atoms with Crippen LogP contribution in [-0.2, 0) is 14.6 Å². The van der Waals surface area contributed by atoms with E-state index in [4.69, 9.17) is 21.4 Å². The number of ether oxygens (including phenoxy) is 1. The largest absolute Gasteiger partial charge is 0.479 e. The number of halogens is 2. The van der Waals surface area contributed by atoms with Crippen molar-refractivity contribution in [1.82, 2.24) is 0 Å². The van der Waals surface area contributed by atoms with Gasteiger partial charge in [0.15, 0.2) is 15.9 Å². The lowest BCUT2D eigenvalue weighted by Crippen LogP contribution is -2.23. The van der Waals surface area contributed by atoms with Gasteiger partial charge in [-0.3, -0.25) is 0 Å². The summed E-state index contributed by atoms with van der Waals surface area (Å²) in [6, 6.07) is 7.86. The summed E-state index contributed by atoms with van der Waals surface area (Å²) >= 11 is 5.96. The van der Waals surface area contributed by atoms with Gasteiger partial charge in [0.25, 0.3) is 0 Å². The maximum absolute atomic E-state index is 14.1. The Morgan fingerprint density at radius 3 is 2.54 bits per heavy atom. The molecule has 5 nitrogen and oxygen atoms in total. The van der Waals surface area contributed by atoms with E-state index in [0.717, 1.165) is 6.07 Å². The van der Waals surface area contributed by atoms with Gasteiger partial charge in [0, 0.05) is 5.02 Å². The molecule has 1 atom stereocenters. The highest BCUT2D eigenvalue weighted by Crippen LogP contribution is 2.24. The van der Waals surface area contributed by atoms with Gasteiger partial charge in [-0.15, -0.1) is 0 Å². The first-order valence-corrected chi connectivity index (χ1v) is 10.4. The van der Waals surface area contributed by atoms with Crippen LogP contribution < -0.4 is 4.74 Å². The highest BCUT2D eigenvalue weighted by Gasteiger charge is 2.16. The van der Waals surface area contributed by atoms with E-state index in [-0.39, 0.29) is 27.5 Å². The molecule has 0 heterocycles. The van der Waals surface area contributed by atoms with E-state index in [9.17, 15) is 17.6 Å². The molecule has 148 valence electrons. The number of hydrogen-bond donors (Lipinski definition) is 1. The van der Waals surface area contributed by atoms with Gasteiger partial charge in [0.2, 0.25) is 0 Å². The SMILES string of the molecule is CCCS(=O)(=O)c1ccc(F)c(C#Cc2cc(Cl)ccc2OC(C)C(=O)O)c1. The minimum Gasteiger partial charge on any atom is -0.479 e. The zero-order valence-corrected chi connectivity index (χ0v) is 16.8. The van der Waals surface area contributed by atoms with Crippen molar-refractivity contribution in [3.05, 3.63) is 58.4 Å². The molecule has 0 aromatic heterocycles. The zero-order valence-electron chi connectivity index (χ0n) is 15.2. The fraction of sp³-hybridized carbons (Fsp3) is 0.250. The smallest absolute Gasteiger partial charge is 0.344 e. The Kier molecular flexibility index (Phi) is 7.05. The number of carboxylic acids is 1. The van der Waals surface area contributed by atoms with Gasteiger partial charge < -0.3 is 9.84 Å². The molecule has 1 N–H and O–H groups in total. The third-order valence-electron chi connectivity index (χ3n) is 3.69. The highest BCUT2D eigenvalue weighted by molar-refractivity contribution is 7.91. The summed E-state index contributed by atoms with van der Waals surface area (Å²) in [6.07, 6.45) is -0.688. The molecule has 2 aromatic carbocycles. The molecule has 0 radical (unpaired) electrons. The van der Waals surface area contributed by atoms with Crippen molar-refractivity contribution in [3.8, 4) is 17.6 Å². The zero-order chi connectivity index (χ0) is 20.9. The van der Waals surface area contributed by atoms with E-state index < -0.39 is 27.7 Å². The lowest BCUT2D eigenvalue weighted by atomic mass is 10.1. The molecule has 0 saturated carbocycles. The summed E-state index contributed by atoms with van der Waals surface area (Å²) in [5.41, 5.74) is 0.149. The van der Waals surface area contributed by atoms with E-state index in [1.54, 1.807) is 6.92 Å². The highest BCUT2D eigenvalue weighted by atomic mass is 35.5. The van der Waals surface area contributed by atoms with Crippen LogP contribution >= 0.6 is 11.6 Å². The van der Waals surface area contributed by atoms with Gasteiger partial charge in [-0.1, -0.05) is 30.4 Å². The van der Waals surface area contributed by atoms with Crippen molar-refractivity contribution in [2.45, 2.75) is 31.3 Å². The fourth-order valence-corrected chi connectivity index (χ4v) is 3.78. The first-order chi connectivity index (χ1) is 13.1. The first kappa shape index (κ1) is 21.7. The molecule has 1 unspecified atom stereocenters. The molecule has 0 spiro atoms. The summed E-state index contributed by atoms with van der Waals surface area (Å²) in [5, 5.41) is 9.32. The molecule has 0 aliphatic heterocycles. The molecule has 0 fully saturated rings. The standard InChI is InChI=1S/C20H18ClFO5S/c1-3-10-28(25,26)17-7-8-18(22)14(12-17)4-5-15-11-16(21)6-9-19(15)27-13(2)20(23)24/h6-9,11-13H,3,10H2,1-2H3,(H,23,24). The minimum atomic E-state index is -3.52. The number of carbonyl (C=O) groups is 1. The third-order valence-corrected chi connectivity index (χ3v) is 5.85. The van der Waals surface area contributed by atoms with Crippen LogP contribution in [0, 0.1) is 17.7 Å². The molecular weight excluding hydrogens is 407 g/mol. The Labute approximate surface area is 168 Å². The van der Waals surface area contributed by atoms with Crippen molar-refractivity contribution < 1.29 is 27.4 Å². The molecule has 0 saturated heterocycles. The van der Waals surface area contributed by atoms with Crippen LogP contribution in [0.4, 0.5) is 4.39 Å². The average molecular weight is 425 g/mol. The van der Waals surface area contributed by atoms with Crippen molar-refractivity contribution >= 4 is 27.4 Å². The second-order valence-corrected chi connectivity index (χ2v) is 8.49. The molecule has 8 heteroatoms. The van der Waals surface area contributed by atoms with Gasteiger partial charge in [0.05, 0.1) is 21.8 Å². The summed E-state index contributed by atoms with van der Waals surface area (Å²) in [6.45, 7) is 3.09. The summed E-state index contributed by atoms with van der Waals surface area (Å²) in [7, 11) is -3.52. The Bertz CT molecular complexity index is 1050. The molecule has 2 aromatic rings. The van der Waals surface area contributed by atoms with Crippen molar-refractivity contribution in [1.29, 1.82) is 0 Å². The summed E-state index contributed by atoms with van der Waals surface area (Å²) < 4.78 is 43.8. The van der Waals surface area contributed by atoms with Crippen LogP contribution in [0.25, 0.3) is 0 Å². The van der Waals surface area contributed by atoms with Gasteiger partial charge in [-0.05, 0) is 49.7 Å². The predicted octanol–water partition coefficient (Wildman–Crippen LogP) is 3.91. The maximum Gasteiger partial charge on any atom is 0.344 e. The van der Waals surface area contributed by atoms with Gasteiger partial charge in [-0.25, -0.2) is 17.6 Å². The second-order valence-electron chi connectivity index (χ2n) is 5.95. The average Bonchev–Trinajstić information content (AvgIpc) is 2.62. The lowest BCUT2D eigenvalue weighted by molar-refractivity contribution is -0.144. The number of rotatable bonds is 6. The van der Waals surface area contributed by atoms with Gasteiger partial charge in [-0.2, -0.15) is 0 Å². The predicted molar refractivity (Wildman–Crippen MR) is 104 cm³/mol. The number of benzene rings is 2. The Morgan fingerprint density at radius 2 is 1.89 bits per heavy atom. The van der Waals surface area contributed by atoms with Crippen LogP contribution in [0.1, 0.15) is 31.4 Å². The molecule has 28 heavy (non-hydrogen) atoms. The van der Waals surface area contributed by atoms with E-state index in [1.807, 2.05) is 0 Å². The molecule has 0 aliphatic rings. The van der Waals surface area contributed by atoms with Crippen molar-refractivity contribution in [2.75, 3.05) is 5.75 Å². The number of hydrogen-bond acceptors (Lipinski definition) is 4. The summed E-state index contributed by atoms with van der Waals surface area (Å²) in [5.74, 6) is 3.54. The fourth-order valence-electron chi connectivity index (χ4n) is 2.26. The van der Waals surface area contributed by atoms with Crippen LogP contribution in [-0.4, -0.2) is 31.4 Å². The van der Waals surface area contributed by atoms with E-state index in [0.29, 0.717) is 11.4 Å². The van der Waals surface area contributed by atoms with Crippen LogP contribution in [0.15, 0.2) is 41.3 Å². The van der Waals surface area contributed by atoms with E-state index in [1.165, 1.54) is 37.3 Å².